The van der Waals surface area contributed by atoms with Gasteiger partial charge in [-0.2, -0.15) is 0 Å². The number of sulfone groups is 1. The van der Waals surface area contributed by atoms with Gasteiger partial charge in [0.25, 0.3) is 0 Å². The predicted molar refractivity (Wildman–Crippen MR) is 81.1 cm³/mol. The van der Waals surface area contributed by atoms with Crippen molar-refractivity contribution in [3.05, 3.63) is 35.4 Å². The van der Waals surface area contributed by atoms with Gasteiger partial charge >= 0.3 is 0 Å². The first kappa shape index (κ1) is 16.7. The molecule has 4 nitrogen and oxygen atoms in total. The minimum Gasteiger partial charge on any atom is -0.355 e. The summed E-state index contributed by atoms with van der Waals surface area (Å²) in [5.41, 5.74) is 1.79. The summed E-state index contributed by atoms with van der Waals surface area (Å²) >= 11 is 0. The fourth-order valence-corrected chi connectivity index (χ4v) is 2.97. The van der Waals surface area contributed by atoms with Crippen molar-refractivity contribution in [3.8, 4) is 0 Å². The minimum absolute atomic E-state index is 0.108. The lowest BCUT2D eigenvalue weighted by Crippen LogP contribution is -2.39. The van der Waals surface area contributed by atoms with Crippen molar-refractivity contribution in [2.45, 2.75) is 38.7 Å². The van der Waals surface area contributed by atoms with Crippen LogP contribution in [0.2, 0.25) is 0 Å². The highest BCUT2D eigenvalue weighted by Crippen LogP contribution is 2.12. The summed E-state index contributed by atoms with van der Waals surface area (Å²) in [6.45, 7) is 7.81. The van der Waals surface area contributed by atoms with E-state index < -0.39 is 21.0 Å². The number of carbonyl (C=O) groups is 1. The summed E-state index contributed by atoms with van der Waals surface area (Å²) in [6, 6.07) is 7.31. The van der Waals surface area contributed by atoms with Gasteiger partial charge in [0.1, 0.15) is 5.25 Å². The predicted octanol–water partition coefficient (Wildman–Crippen LogP) is 2.07. The minimum atomic E-state index is -3.49. The molecule has 20 heavy (non-hydrogen) atoms. The van der Waals surface area contributed by atoms with E-state index in [1.54, 1.807) is 12.1 Å². The molecule has 0 bridgehead atoms. The van der Waals surface area contributed by atoms with Crippen molar-refractivity contribution < 1.29 is 13.2 Å². The van der Waals surface area contributed by atoms with E-state index in [2.05, 4.69) is 5.32 Å². The second-order valence-corrected chi connectivity index (χ2v) is 7.90. The standard InChI is InChI=1S/C15H23NO3S/c1-11(2)9-16-15(17)13(4)20(18,19)10-14-7-5-12(3)6-8-14/h5-8,11,13H,9-10H2,1-4H3,(H,16,17). The highest BCUT2D eigenvalue weighted by molar-refractivity contribution is 7.92. The first-order valence-corrected chi connectivity index (χ1v) is 8.48. The molecule has 1 aromatic rings. The zero-order valence-electron chi connectivity index (χ0n) is 12.5. The largest absolute Gasteiger partial charge is 0.355 e. The Morgan fingerprint density at radius 3 is 2.20 bits per heavy atom. The van der Waals surface area contributed by atoms with Crippen molar-refractivity contribution in [1.29, 1.82) is 0 Å². The Hall–Kier alpha value is -1.36. The molecule has 5 heteroatoms. The van der Waals surface area contributed by atoms with E-state index in [9.17, 15) is 13.2 Å². The van der Waals surface area contributed by atoms with Crippen LogP contribution >= 0.6 is 0 Å². The van der Waals surface area contributed by atoms with Crippen molar-refractivity contribution in [1.82, 2.24) is 5.32 Å². The van der Waals surface area contributed by atoms with Gasteiger partial charge in [-0.25, -0.2) is 8.42 Å². The monoisotopic (exact) mass is 297 g/mol. The smallest absolute Gasteiger partial charge is 0.238 e. The second kappa shape index (κ2) is 6.88. The fraction of sp³-hybridized carbons (Fsp3) is 0.533. The number of aryl methyl sites for hydroxylation is 1. The molecular formula is C15H23NO3S. The number of carbonyl (C=O) groups excluding carboxylic acids is 1. The second-order valence-electron chi connectivity index (χ2n) is 5.57. The molecule has 0 fully saturated rings. The Labute approximate surface area is 121 Å². The van der Waals surface area contributed by atoms with Gasteiger partial charge in [0.2, 0.25) is 5.91 Å². The molecule has 1 N–H and O–H groups in total. The highest BCUT2D eigenvalue weighted by Gasteiger charge is 2.27. The summed E-state index contributed by atoms with van der Waals surface area (Å²) < 4.78 is 24.4. The molecule has 1 rings (SSSR count). The third kappa shape index (κ3) is 4.96. The highest BCUT2D eigenvalue weighted by atomic mass is 32.2. The maximum Gasteiger partial charge on any atom is 0.238 e. The molecule has 1 atom stereocenters. The van der Waals surface area contributed by atoms with Crippen LogP contribution in [0.5, 0.6) is 0 Å². The summed E-state index contributed by atoms with van der Waals surface area (Å²) in [5.74, 6) is -0.236. The van der Waals surface area contributed by atoms with Gasteiger partial charge < -0.3 is 5.32 Å². The molecule has 0 aliphatic carbocycles. The molecule has 0 aromatic heterocycles. The van der Waals surface area contributed by atoms with Crippen LogP contribution < -0.4 is 5.32 Å². The molecule has 0 heterocycles. The van der Waals surface area contributed by atoms with Crippen LogP contribution in [0, 0.1) is 12.8 Å². The van der Waals surface area contributed by atoms with E-state index in [1.807, 2.05) is 32.9 Å². The Balaban J connectivity index is 2.72. The lowest BCUT2D eigenvalue weighted by molar-refractivity contribution is -0.120. The first-order chi connectivity index (χ1) is 9.22. The molecule has 112 valence electrons. The molecule has 0 saturated carbocycles. The van der Waals surface area contributed by atoms with E-state index in [-0.39, 0.29) is 5.75 Å². The van der Waals surface area contributed by atoms with E-state index in [4.69, 9.17) is 0 Å². The van der Waals surface area contributed by atoms with Crippen molar-refractivity contribution in [3.63, 3.8) is 0 Å². The van der Waals surface area contributed by atoms with Crippen molar-refractivity contribution in [2.24, 2.45) is 5.92 Å². The first-order valence-electron chi connectivity index (χ1n) is 6.77. The molecule has 1 aromatic carbocycles. The van der Waals surface area contributed by atoms with Crippen LogP contribution in [0.15, 0.2) is 24.3 Å². The lowest BCUT2D eigenvalue weighted by atomic mass is 10.2. The number of hydrogen-bond donors (Lipinski definition) is 1. The Kier molecular flexibility index (Phi) is 5.74. The van der Waals surface area contributed by atoms with E-state index in [1.165, 1.54) is 6.92 Å². The molecular weight excluding hydrogens is 274 g/mol. The number of benzene rings is 1. The van der Waals surface area contributed by atoms with Crippen LogP contribution in [-0.2, 0) is 20.4 Å². The number of hydrogen-bond acceptors (Lipinski definition) is 3. The van der Waals surface area contributed by atoms with Crippen LogP contribution in [0.3, 0.4) is 0 Å². The quantitative estimate of drug-likeness (QED) is 0.874. The van der Waals surface area contributed by atoms with Gasteiger partial charge in [-0.05, 0) is 25.3 Å². The van der Waals surface area contributed by atoms with Crippen LogP contribution in [0.4, 0.5) is 0 Å². The zero-order valence-corrected chi connectivity index (χ0v) is 13.3. The van der Waals surface area contributed by atoms with Gasteiger partial charge in [-0.15, -0.1) is 0 Å². The van der Waals surface area contributed by atoms with Crippen LogP contribution in [0.25, 0.3) is 0 Å². The average molecular weight is 297 g/mol. The van der Waals surface area contributed by atoms with Crippen molar-refractivity contribution in [2.75, 3.05) is 6.54 Å². The Morgan fingerprint density at radius 1 is 1.15 bits per heavy atom. The summed E-state index contributed by atoms with van der Waals surface area (Å²) in [6.07, 6.45) is 0. The van der Waals surface area contributed by atoms with Crippen LogP contribution in [0.1, 0.15) is 31.9 Å². The Morgan fingerprint density at radius 2 is 1.70 bits per heavy atom. The number of rotatable bonds is 6. The van der Waals surface area contributed by atoms with Gasteiger partial charge in [0.15, 0.2) is 9.84 Å². The summed E-state index contributed by atoms with van der Waals surface area (Å²) in [4.78, 5) is 11.8. The molecule has 1 amide bonds. The number of nitrogens with one attached hydrogen (secondary N) is 1. The normalized spacial score (nSPS) is 13.2. The van der Waals surface area contributed by atoms with Crippen LogP contribution in [-0.4, -0.2) is 26.1 Å². The van der Waals surface area contributed by atoms with Crippen molar-refractivity contribution >= 4 is 15.7 Å². The molecule has 0 aliphatic rings. The molecule has 0 spiro atoms. The van der Waals surface area contributed by atoms with E-state index in [0.29, 0.717) is 18.0 Å². The Bertz CT molecular complexity index is 547. The lowest BCUT2D eigenvalue weighted by Gasteiger charge is -2.14. The SMILES string of the molecule is Cc1ccc(CS(=O)(=O)C(C)C(=O)NCC(C)C)cc1. The van der Waals surface area contributed by atoms with Gasteiger partial charge in [0, 0.05) is 6.54 Å². The maximum atomic E-state index is 12.2. The van der Waals surface area contributed by atoms with E-state index >= 15 is 0 Å². The topological polar surface area (TPSA) is 63.2 Å². The maximum absolute atomic E-state index is 12.2. The summed E-state index contributed by atoms with van der Waals surface area (Å²) in [7, 11) is -3.49. The zero-order chi connectivity index (χ0) is 15.3. The third-order valence-electron chi connectivity index (χ3n) is 3.08. The third-order valence-corrected chi connectivity index (χ3v) is 5.11. The summed E-state index contributed by atoms with van der Waals surface area (Å²) in [5, 5.41) is 1.64. The average Bonchev–Trinajstić information content (AvgIpc) is 2.37. The van der Waals surface area contributed by atoms with Gasteiger partial charge in [-0.3, -0.25) is 4.79 Å². The fourth-order valence-electron chi connectivity index (χ4n) is 1.65. The van der Waals surface area contributed by atoms with Gasteiger partial charge in [0.05, 0.1) is 5.75 Å². The van der Waals surface area contributed by atoms with E-state index in [0.717, 1.165) is 5.56 Å². The molecule has 0 radical (unpaired) electrons. The van der Waals surface area contributed by atoms with Gasteiger partial charge in [-0.1, -0.05) is 43.7 Å². The molecule has 0 aliphatic heterocycles. The molecule has 1 unspecified atom stereocenters. The number of amides is 1. The molecule has 0 saturated heterocycles.